The van der Waals surface area contributed by atoms with E-state index in [9.17, 15) is 9.59 Å². The molecular weight excluding hydrogens is 452 g/mol. The Hall–Kier alpha value is -4.83. The van der Waals surface area contributed by atoms with Gasteiger partial charge in [-0.1, -0.05) is 30.3 Å². The number of nitrogens with zero attached hydrogens (tertiary/aromatic N) is 3. The van der Waals surface area contributed by atoms with E-state index in [2.05, 4.69) is 11.1 Å². The second kappa shape index (κ2) is 8.75. The molecule has 3 aromatic heterocycles. The summed E-state index contributed by atoms with van der Waals surface area (Å²) in [6, 6.07) is 18.6. The van der Waals surface area contributed by atoms with Crippen molar-refractivity contribution in [2.24, 2.45) is 14.1 Å². The molecule has 5 rings (SSSR count). The average molecular weight is 477 g/mol. The summed E-state index contributed by atoms with van der Waals surface area (Å²) in [4.78, 5) is 29.0. The quantitative estimate of drug-likeness (QED) is 0.387. The second-order valence-electron chi connectivity index (χ2n) is 8.94. The Balaban J connectivity index is 1.75. The molecule has 0 unspecified atom stereocenters. The molecule has 0 spiro atoms. The number of ether oxygens (including phenoxy) is 1. The number of pyridine rings is 2. The minimum atomic E-state index is -0.191. The fourth-order valence-corrected chi connectivity index (χ4v) is 4.40. The van der Waals surface area contributed by atoms with Crippen LogP contribution < -0.4 is 15.9 Å². The van der Waals surface area contributed by atoms with Crippen LogP contribution in [0.5, 0.6) is 11.5 Å². The molecule has 0 radical (unpaired) electrons. The van der Waals surface area contributed by atoms with Crippen LogP contribution in [-0.4, -0.2) is 14.1 Å². The summed E-state index contributed by atoms with van der Waals surface area (Å²) in [6.07, 6.45) is 3.40. The lowest BCUT2D eigenvalue weighted by Crippen LogP contribution is -2.18. The van der Waals surface area contributed by atoms with E-state index in [1.807, 2.05) is 50.2 Å². The molecule has 3 heterocycles. The average Bonchev–Trinajstić information content (AvgIpc) is 3.32. The van der Waals surface area contributed by atoms with Crippen LogP contribution in [-0.2, 0) is 14.1 Å². The van der Waals surface area contributed by atoms with E-state index in [4.69, 9.17) is 10.00 Å². The van der Waals surface area contributed by atoms with E-state index in [1.54, 1.807) is 38.6 Å². The molecule has 7 nitrogen and oxygen atoms in total. The molecule has 0 saturated carbocycles. The van der Waals surface area contributed by atoms with Gasteiger partial charge in [0, 0.05) is 48.6 Å². The molecule has 5 aromatic rings. The van der Waals surface area contributed by atoms with E-state index in [0.717, 1.165) is 28.1 Å². The van der Waals surface area contributed by atoms with Gasteiger partial charge in [0.25, 0.3) is 11.1 Å². The summed E-state index contributed by atoms with van der Waals surface area (Å²) in [5.74, 6) is 1.24. The highest BCUT2D eigenvalue weighted by Crippen LogP contribution is 2.38. The first kappa shape index (κ1) is 22.9. The highest BCUT2D eigenvalue weighted by Gasteiger charge is 2.19. The third-order valence-electron chi connectivity index (χ3n) is 6.39. The minimum Gasteiger partial charge on any atom is -0.455 e. The van der Waals surface area contributed by atoms with Crippen LogP contribution in [0.25, 0.3) is 33.3 Å². The number of aromatic amines is 1. The lowest BCUT2D eigenvalue weighted by atomic mass is 10.0. The van der Waals surface area contributed by atoms with Gasteiger partial charge in [-0.15, -0.1) is 0 Å². The van der Waals surface area contributed by atoms with Gasteiger partial charge in [-0.25, -0.2) is 0 Å². The maximum Gasteiger partial charge on any atom is 0.274 e. The molecule has 0 aliphatic rings. The van der Waals surface area contributed by atoms with Crippen LogP contribution in [0.15, 0.2) is 76.6 Å². The number of hydrogen-bond donors (Lipinski definition) is 1. The van der Waals surface area contributed by atoms with Gasteiger partial charge >= 0.3 is 0 Å². The maximum atomic E-state index is 13.0. The molecule has 0 saturated heterocycles. The summed E-state index contributed by atoms with van der Waals surface area (Å²) < 4.78 is 9.38. The number of para-hydroxylation sites is 1. The van der Waals surface area contributed by atoms with Crippen LogP contribution in [0.1, 0.15) is 16.7 Å². The fraction of sp³-hybridized carbons (Fsp3) is 0.138. The van der Waals surface area contributed by atoms with E-state index in [1.165, 1.54) is 15.2 Å². The Morgan fingerprint density at radius 1 is 0.889 bits per heavy atom. The van der Waals surface area contributed by atoms with E-state index < -0.39 is 0 Å². The first-order valence-electron chi connectivity index (χ1n) is 11.4. The Morgan fingerprint density at radius 3 is 2.25 bits per heavy atom. The van der Waals surface area contributed by atoms with Crippen molar-refractivity contribution in [1.29, 1.82) is 5.26 Å². The van der Waals surface area contributed by atoms with Crippen molar-refractivity contribution in [3.8, 4) is 40.0 Å². The van der Waals surface area contributed by atoms with Gasteiger partial charge in [0.2, 0.25) is 0 Å². The van der Waals surface area contributed by atoms with Crippen molar-refractivity contribution in [2.45, 2.75) is 13.8 Å². The van der Waals surface area contributed by atoms with Gasteiger partial charge in [-0.2, -0.15) is 5.26 Å². The Labute approximate surface area is 207 Å². The molecule has 178 valence electrons. The molecular formula is C29H24N4O3. The van der Waals surface area contributed by atoms with Crippen molar-refractivity contribution < 1.29 is 4.74 Å². The largest absolute Gasteiger partial charge is 0.455 e. The zero-order chi connectivity index (χ0) is 25.6. The number of rotatable bonds is 4. The number of nitrogens with one attached hydrogen (secondary N) is 1. The fourth-order valence-electron chi connectivity index (χ4n) is 4.40. The molecule has 36 heavy (non-hydrogen) atoms. The van der Waals surface area contributed by atoms with Crippen LogP contribution in [0.2, 0.25) is 0 Å². The van der Waals surface area contributed by atoms with Gasteiger partial charge in [0.05, 0.1) is 17.8 Å². The SMILES string of the molecule is Cc1cccc(C)c1Oc1cn(C)c(=O)cc1-c1cn(C)c(=O)c2[nH]c(-c3ccc(C#N)cc3)cc12. The van der Waals surface area contributed by atoms with Crippen LogP contribution in [0.3, 0.4) is 0 Å². The molecule has 0 aliphatic heterocycles. The Morgan fingerprint density at radius 2 is 1.58 bits per heavy atom. The summed E-state index contributed by atoms with van der Waals surface area (Å²) in [5, 5.41) is 9.79. The first-order valence-corrected chi connectivity index (χ1v) is 11.4. The number of aromatic nitrogens is 3. The number of nitriles is 1. The number of H-pyrrole nitrogens is 1. The maximum absolute atomic E-state index is 13.0. The molecule has 0 atom stereocenters. The lowest BCUT2D eigenvalue weighted by Gasteiger charge is -2.17. The van der Waals surface area contributed by atoms with Gasteiger partial charge < -0.3 is 18.9 Å². The number of fused-ring (bicyclic) bond motifs is 1. The number of hydrogen-bond acceptors (Lipinski definition) is 4. The lowest BCUT2D eigenvalue weighted by molar-refractivity contribution is 0.470. The molecule has 0 aliphatic carbocycles. The van der Waals surface area contributed by atoms with Crippen molar-refractivity contribution in [1.82, 2.24) is 14.1 Å². The van der Waals surface area contributed by atoms with Crippen LogP contribution >= 0.6 is 0 Å². The highest BCUT2D eigenvalue weighted by molar-refractivity contribution is 5.98. The van der Waals surface area contributed by atoms with Gasteiger partial charge in [0.15, 0.2) is 5.75 Å². The van der Waals surface area contributed by atoms with E-state index in [0.29, 0.717) is 33.3 Å². The van der Waals surface area contributed by atoms with Crippen molar-refractivity contribution in [3.63, 3.8) is 0 Å². The molecule has 2 aromatic carbocycles. The number of benzene rings is 2. The molecule has 1 N–H and O–H groups in total. The van der Waals surface area contributed by atoms with Crippen molar-refractivity contribution in [3.05, 3.63) is 104 Å². The second-order valence-corrected chi connectivity index (χ2v) is 8.94. The minimum absolute atomic E-state index is 0.185. The first-order chi connectivity index (χ1) is 17.3. The van der Waals surface area contributed by atoms with E-state index in [-0.39, 0.29) is 11.1 Å². The van der Waals surface area contributed by atoms with Crippen LogP contribution in [0.4, 0.5) is 0 Å². The summed E-state index contributed by atoms with van der Waals surface area (Å²) >= 11 is 0. The van der Waals surface area contributed by atoms with Gasteiger partial charge in [-0.3, -0.25) is 9.59 Å². The zero-order valence-electron chi connectivity index (χ0n) is 20.4. The van der Waals surface area contributed by atoms with E-state index >= 15 is 0 Å². The van der Waals surface area contributed by atoms with Gasteiger partial charge in [0.1, 0.15) is 11.3 Å². The van der Waals surface area contributed by atoms with Crippen LogP contribution in [0, 0.1) is 25.2 Å². The van der Waals surface area contributed by atoms with Crippen molar-refractivity contribution in [2.75, 3.05) is 0 Å². The monoisotopic (exact) mass is 476 g/mol. The predicted molar refractivity (Wildman–Crippen MR) is 140 cm³/mol. The summed E-state index contributed by atoms with van der Waals surface area (Å²) in [5.41, 5.74) is 5.42. The highest BCUT2D eigenvalue weighted by atomic mass is 16.5. The Kier molecular flexibility index (Phi) is 5.57. The molecule has 7 heteroatoms. The summed E-state index contributed by atoms with van der Waals surface area (Å²) in [7, 11) is 3.36. The predicted octanol–water partition coefficient (Wildman–Crippen LogP) is 5.18. The topological polar surface area (TPSA) is 92.8 Å². The zero-order valence-corrected chi connectivity index (χ0v) is 20.4. The summed E-state index contributed by atoms with van der Waals surface area (Å²) in [6.45, 7) is 3.95. The van der Waals surface area contributed by atoms with Gasteiger partial charge in [-0.05, 0) is 48.7 Å². The molecule has 0 fully saturated rings. The third-order valence-corrected chi connectivity index (χ3v) is 6.39. The Bertz CT molecular complexity index is 1780. The normalized spacial score (nSPS) is 11.0. The number of aryl methyl sites for hydroxylation is 4. The third kappa shape index (κ3) is 3.89. The standard InChI is InChI=1S/C29H24N4O3/c1-17-6-5-7-18(2)28(17)36-25-16-32(3)26(34)13-21(25)23-15-33(4)29(35)27-22(23)12-24(31-27)20-10-8-19(14-30)9-11-20/h5-13,15-16,31H,1-4H3. The van der Waals surface area contributed by atoms with Crippen molar-refractivity contribution >= 4 is 10.9 Å². The molecule has 0 amide bonds. The smallest absolute Gasteiger partial charge is 0.274 e. The molecule has 0 bridgehead atoms.